The Morgan fingerprint density at radius 2 is 2.50 bits per heavy atom. The molecule has 2 aliphatic rings. The van der Waals surface area contributed by atoms with E-state index in [-0.39, 0.29) is 0 Å². The van der Waals surface area contributed by atoms with Crippen LogP contribution in [0.1, 0.15) is 13.3 Å². The van der Waals surface area contributed by atoms with Gasteiger partial charge in [-0.3, -0.25) is 4.79 Å². The number of fused-ring (bicyclic) bond motifs is 1. The van der Waals surface area contributed by atoms with Gasteiger partial charge in [0.15, 0.2) is 0 Å². The largest absolute Gasteiger partial charge is 0.341 e. The number of carbonyl (C=O) groups excluding carboxylic acids is 1. The van der Waals surface area contributed by atoms with Gasteiger partial charge in [-0.15, -0.1) is 0 Å². The van der Waals surface area contributed by atoms with E-state index >= 15 is 0 Å². The monoisotopic (exact) mass is 168 g/mol. The minimum absolute atomic E-state index is 0.391. The van der Waals surface area contributed by atoms with Gasteiger partial charge < -0.3 is 10.2 Å². The maximum Gasteiger partial charge on any atom is 0.226 e. The highest BCUT2D eigenvalue weighted by atomic mass is 16.2. The zero-order valence-corrected chi connectivity index (χ0v) is 7.71. The normalized spacial score (nSPS) is 35.2. The average molecular weight is 168 g/mol. The first-order chi connectivity index (χ1) is 5.72. The van der Waals surface area contributed by atoms with Crippen molar-refractivity contribution in [3.05, 3.63) is 0 Å². The highest BCUT2D eigenvalue weighted by Gasteiger charge is 2.51. The fourth-order valence-electron chi connectivity index (χ4n) is 1.95. The molecule has 1 amide bonds. The molecule has 0 aromatic rings. The Hall–Kier alpha value is -0.570. The minimum atomic E-state index is 0.391. The molecule has 1 aliphatic heterocycles. The van der Waals surface area contributed by atoms with Crippen LogP contribution in [0.3, 0.4) is 0 Å². The Labute approximate surface area is 73.1 Å². The number of amides is 1. The van der Waals surface area contributed by atoms with Gasteiger partial charge in [0, 0.05) is 25.0 Å². The third-order valence-electron chi connectivity index (χ3n) is 2.99. The summed E-state index contributed by atoms with van der Waals surface area (Å²) in [6.07, 6.45) is 1.16. The molecule has 2 fully saturated rings. The minimum Gasteiger partial charge on any atom is -0.341 e. The molecule has 68 valence electrons. The SMILES string of the molecule is CNC(C)CN1CC2CC2C1=O. The van der Waals surface area contributed by atoms with Crippen molar-refractivity contribution in [3.63, 3.8) is 0 Å². The predicted octanol–water partition coefficient (Wildman–Crippen LogP) is 0.0726. The van der Waals surface area contributed by atoms with Gasteiger partial charge >= 0.3 is 0 Å². The summed E-state index contributed by atoms with van der Waals surface area (Å²) in [5, 5.41) is 3.15. The Balaban J connectivity index is 1.86. The maximum atomic E-state index is 11.5. The fraction of sp³-hybridized carbons (Fsp3) is 0.889. The van der Waals surface area contributed by atoms with Crippen molar-refractivity contribution in [2.75, 3.05) is 20.1 Å². The molecule has 1 N–H and O–H groups in total. The number of nitrogens with zero attached hydrogens (tertiary/aromatic N) is 1. The Bertz CT molecular complexity index is 205. The highest BCUT2D eigenvalue weighted by molar-refractivity contribution is 5.84. The van der Waals surface area contributed by atoms with Crippen LogP contribution in [0.4, 0.5) is 0 Å². The van der Waals surface area contributed by atoms with E-state index in [9.17, 15) is 4.79 Å². The lowest BCUT2D eigenvalue weighted by atomic mass is 10.3. The van der Waals surface area contributed by atoms with Gasteiger partial charge in [-0.2, -0.15) is 0 Å². The van der Waals surface area contributed by atoms with Crippen LogP contribution in [0.15, 0.2) is 0 Å². The van der Waals surface area contributed by atoms with Crippen molar-refractivity contribution < 1.29 is 4.79 Å². The second kappa shape index (κ2) is 2.73. The number of carbonyl (C=O) groups is 1. The Morgan fingerprint density at radius 3 is 3.00 bits per heavy atom. The van der Waals surface area contributed by atoms with E-state index in [0.717, 1.165) is 19.5 Å². The van der Waals surface area contributed by atoms with E-state index in [0.29, 0.717) is 23.8 Å². The number of rotatable bonds is 3. The number of piperidine rings is 1. The molecule has 1 saturated carbocycles. The topological polar surface area (TPSA) is 32.3 Å². The molecule has 1 heterocycles. The van der Waals surface area contributed by atoms with Crippen LogP contribution in [-0.2, 0) is 4.79 Å². The molecular weight excluding hydrogens is 152 g/mol. The first-order valence-electron chi connectivity index (χ1n) is 4.68. The lowest BCUT2D eigenvalue weighted by Crippen LogP contribution is -2.39. The van der Waals surface area contributed by atoms with Crippen molar-refractivity contribution in [3.8, 4) is 0 Å². The second-order valence-electron chi connectivity index (χ2n) is 4.04. The van der Waals surface area contributed by atoms with Crippen LogP contribution in [0.2, 0.25) is 0 Å². The summed E-state index contributed by atoms with van der Waals surface area (Å²) in [6.45, 7) is 4.00. The van der Waals surface area contributed by atoms with Crippen molar-refractivity contribution >= 4 is 5.91 Å². The maximum absolute atomic E-state index is 11.5. The first-order valence-corrected chi connectivity index (χ1v) is 4.68. The molecular formula is C9H16N2O. The van der Waals surface area contributed by atoms with Crippen LogP contribution in [0.5, 0.6) is 0 Å². The third-order valence-corrected chi connectivity index (χ3v) is 2.99. The van der Waals surface area contributed by atoms with Crippen LogP contribution in [0, 0.1) is 11.8 Å². The Kier molecular flexibility index (Phi) is 1.83. The zero-order valence-electron chi connectivity index (χ0n) is 7.71. The molecule has 3 heteroatoms. The van der Waals surface area contributed by atoms with E-state index in [1.807, 2.05) is 11.9 Å². The summed E-state index contributed by atoms with van der Waals surface area (Å²) in [4.78, 5) is 13.5. The molecule has 1 saturated heterocycles. The average Bonchev–Trinajstić information content (AvgIpc) is 2.75. The molecule has 3 nitrogen and oxygen atoms in total. The van der Waals surface area contributed by atoms with E-state index in [2.05, 4.69) is 12.2 Å². The standard InChI is InChI=1S/C9H16N2O/c1-6(10-2)4-11-5-7-3-8(7)9(11)12/h6-8,10H,3-5H2,1-2H3. The summed E-state index contributed by atoms with van der Waals surface area (Å²) in [5.41, 5.74) is 0. The third kappa shape index (κ3) is 1.22. The van der Waals surface area contributed by atoms with E-state index in [4.69, 9.17) is 0 Å². The van der Waals surface area contributed by atoms with E-state index < -0.39 is 0 Å². The van der Waals surface area contributed by atoms with Crippen molar-refractivity contribution in [1.29, 1.82) is 0 Å². The van der Waals surface area contributed by atoms with Crippen molar-refractivity contribution in [2.45, 2.75) is 19.4 Å². The van der Waals surface area contributed by atoms with E-state index in [1.165, 1.54) is 0 Å². The summed E-state index contributed by atoms with van der Waals surface area (Å²) in [6, 6.07) is 0.423. The molecule has 3 unspecified atom stereocenters. The molecule has 0 radical (unpaired) electrons. The second-order valence-corrected chi connectivity index (χ2v) is 4.04. The van der Waals surface area contributed by atoms with Crippen molar-refractivity contribution in [2.24, 2.45) is 11.8 Å². The number of likely N-dealkylation sites (tertiary alicyclic amines) is 1. The van der Waals surface area contributed by atoms with Crippen LogP contribution < -0.4 is 5.32 Å². The van der Waals surface area contributed by atoms with Gasteiger partial charge in [-0.1, -0.05) is 0 Å². The number of likely N-dealkylation sites (N-methyl/N-ethyl adjacent to an activating group) is 1. The molecule has 0 spiro atoms. The summed E-state index contributed by atoms with van der Waals surface area (Å²) >= 11 is 0. The van der Waals surface area contributed by atoms with Gasteiger partial charge in [-0.25, -0.2) is 0 Å². The number of nitrogens with one attached hydrogen (secondary N) is 1. The first kappa shape index (κ1) is 8.05. The Morgan fingerprint density at radius 1 is 1.75 bits per heavy atom. The molecule has 0 bridgehead atoms. The molecule has 3 atom stereocenters. The van der Waals surface area contributed by atoms with Gasteiger partial charge in [0.05, 0.1) is 0 Å². The van der Waals surface area contributed by atoms with Gasteiger partial charge in [0.2, 0.25) is 5.91 Å². The number of hydrogen-bond donors (Lipinski definition) is 1. The zero-order chi connectivity index (χ0) is 8.72. The van der Waals surface area contributed by atoms with Crippen LogP contribution >= 0.6 is 0 Å². The summed E-state index contributed by atoms with van der Waals surface area (Å²) in [7, 11) is 1.94. The number of hydrogen-bond acceptors (Lipinski definition) is 2. The molecule has 0 aromatic heterocycles. The van der Waals surface area contributed by atoms with Gasteiger partial charge in [0.25, 0.3) is 0 Å². The van der Waals surface area contributed by atoms with E-state index in [1.54, 1.807) is 0 Å². The fourth-order valence-corrected chi connectivity index (χ4v) is 1.95. The summed E-state index contributed by atoms with van der Waals surface area (Å²) < 4.78 is 0. The van der Waals surface area contributed by atoms with Gasteiger partial charge in [0.1, 0.15) is 0 Å². The van der Waals surface area contributed by atoms with Gasteiger partial charge in [-0.05, 0) is 26.3 Å². The van der Waals surface area contributed by atoms with Crippen molar-refractivity contribution in [1.82, 2.24) is 10.2 Å². The lowest BCUT2D eigenvalue weighted by Gasteiger charge is -2.22. The molecule has 2 rings (SSSR count). The molecule has 0 aromatic carbocycles. The van der Waals surface area contributed by atoms with Crippen LogP contribution in [-0.4, -0.2) is 37.0 Å². The lowest BCUT2D eigenvalue weighted by molar-refractivity contribution is -0.130. The predicted molar refractivity (Wildman–Crippen MR) is 46.7 cm³/mol. The molecule has 1 aliphatic carbocycles. The summed E-state index contributed by atoms with van der Waals surface area (Å²) in [5.74, 6) is 1.51. The smallest absolute Gasteiger partial charge is 0.226 e. The highest BCUT2D eigenvalue weighted by Crippen LogP contribution is 2.45. The quantitative estimate of drug-likeness (QED) is 0.647. The van der Waals surface area contributed by atoms with Crippen LogP contribution in [0.25, 0.3) is 0 Å². The molecule has 12 heavy (non-hydrogen) atoms.